The molecule has 1 heterocycles. The van der Waals surface area contributed by atoms with E-state index in [0.29, 0.717) is 27.1 Å². The van der Waals surface area contributed by atoms with Gasteiger partial charge in [-0.2, -0.15) is 0 Å². The number of benzene rings is 1. The monoisotopic (exact) mass is 429 g/mol. The molecule has 1 aromatic carbocycles. The summed E-state index contributed by atoms with van der Waals surface area (Å²) in [6.07, 6.45) is 1.47. The largest absolute Gasteiger partial charge is 0.493 e. The zero-order valence-corrected chi connectivity index (χ0v) is 16.7. The van der Waals surface area contributed by atoms with Crippen molar-refractivity contribution < 1.29 is 23.7 Å². The van der Waals surface area contributed by atoms with Gasteiger partial charge in [0.1, 0.15) is 5.56 Å². The number of carbonyl (C=O) groups excluding carboxylic acids is 1. The molecule has 0 N–H and O–H groups in total. The Bertz CT molecular complexity index is 825. The van der Waals surface area contributed by atoms with Gasteiger partial charge in [-0.3, -0.25) is 4.79 Å². The van der Waals surface area contributed by atoms with Gasteiger partial charge in [0, 0.05) is 6.20 Å². The summed E-state index contributed by atoms with van der Waals surface area (Å²) in [5, 5.41) is 0.202. The van der Waals surface area contributed by atoms with Crippen LogP contribution >= 0.6 is 27.5 Å². The van der Waals surface area contributed by atoms with Gasteiger partial charge in [-0.25, -0.2) is 4.98 Å². The highest BCUT2D eigenvalue weighted by atomic mass is 79.9. The van der Waals surface area contributed by atoms with Crippen molar-refractivity contribution in [2.45, 2.75) is 6.92 Å². The van der Waals surface area contributed by atoms with E-state index >= 15 is 0 Å². The molecule has 0 aliphatic rings. The fourth-order valence-corrected chi connectivity index (χ4v) is 3.00. The molecule has 0 aliphatic heterocycles. The normalized spacial score (nSPS) is 10.4. The molecule has 6 nitrogen and oxygen atoms in total. The molecular formula is C17H17BrClNO5. The number of hydrogen-bond acceptors (Lipinski definition) is 6. The van der Waals surface area contributed by atoms with Gasteiger partial charge >= 0.3 is 0 Å². The van der Waals surface area contributed by atoms with E-state index in [4.69, 9.17) is 30.5 Å². The first-order valence-corrected chi connectivity index (χ1v) is 8.30. The van der Waals surface area contributed by atoms with E-state index in [1.165, 1.54) is 34.6 Å². The Labute approximate surface area is 159 Å². The van der Waals surface area contributed by atoms with Gasteiger partial charge in [-0.05, 0) is 34.5 Å². The number of carbonyl (C=O) groups is 1. The van der Waals surface area contributed by atoms with Crippen molar-refractivity contribution in [3.8, 4) is 23.1 Å². The van der Waals surface area contributed by atoms with Crippen molar-refractivity contribution >= 4 is 33.3 Å². The van der Waals surface area contributed by atoms with Crippen LogP contribution in [0.4, 0.5) is 0 Å². The van der Waals surface area contributed by atoms with Crippen molar-refractivity contribution in [2.75, 3.05) is 28.4 Å². The third-order valence-electron chi connectivity index (χ3n) is 3.61. The minimum atomic E-state index is -0.397. The van der Waals surface area contributed by atoms with Gasteiger partial charge in [-0.15, -0.1) is 0 Å². The number of pyridine rings is 1. The van der Waals surface area contributed by atoms with Crippen molar-refractivity contribution in [1.82, 2.24) is 4.98 Å². The molecule has 1 aromatic heterocycles. The molecule has 0 atom stereocenters. The molecule has 0 spiro atoms. The Balaban J connectivity index is 2.79. The van der Waals surface area contributed by atoms with Gasteiger partial charge in [0.05, 0.1) is 43.5 Å². The zero-order valence-electron chi connectivity index (χ0n) is 14.4. The maximum absolute atomic E-state index is 13.3. The lowest BCUT2D eigenvalue weighted by Gasteiger charge is -2.18. The molecule has 0 radical (unpaired) electrons. The second-order valence-electron chi connectivity index (χ2n) is 4.97. The minimum absolute atomic E-state index is 0.120. The molecule has 0 amide bonds. The van der Waals surface area contributed by atoms with Crippen LogP contribution in [0, 0.1) is 6.92 Å². The second-order valence-corrected chi connectivity index (χ2v) is 6.20. The molecule has 0 aliphatic carbocycles. The second kappa shape index (κ2) is 7.93. The number of halogens is 2. The van der Waals surface area contributed by atoms with E-state index in [-0.39, 0.29) is 22.2 Å². The van der Waals surface area contributed by atoms with E-state index < -0.39 is 5.78 Å². The molecule has 0 fully saturated rings. The van der Waals surface area contributed by atoms with Crippen LogP contribution in [0.3, 0.4) is 0 Å². The van der Waals surface area contributed by atoms with Crippen LogP contribution in [-0.2, 0) is 0 Å². The van der Waals surface area contributed by atoms with E-state index in [2.05, 4.69) is 20.9 Å². The first-order valence-electron chi connectivity index (χ1n) is 7.13. The highest BCUT2D eigenvalue weighted by molar-refractivity contribution is 9.10. The number of ketones is 1. The van der Waals surface area contributed by atoms with Crippen LogP contribution in [0.5, 0.6) is 23.1 Å². The van der Waals surface area contributed by atoms with Gasteiger partial charge in [-0.1, -0.05) is 11.6 Å². The molecule has 2 aromatic rings. The van der Waals surface area contributed by atoms with Gasteiger partial charge in [0.15, 0.2) is 11.5 Å². The lowest BCUT2D eigenvalue weighted by atomic mass is 9.97. The fraction of sp³-hybridized carbons (Fsp3) is 0.294. The van der Waals surface area contributed by atoms with E-state index in [0.717, 1.165) is 0 Å². The van der Waals surface area contributed by atoms with Gasteiger partial charge in [0.2, 0.25) is 17.4 Å². The average molecular weight is 431 g/mol. The maximum Gasteiger partial charge on any atom is 0.226 e. The number of aryl methyl sites for hydroxylation is 1. The number of ether oxygens (including phenoxy) is 4. The lowest BCUT2D eigenvalue weighted by Crippen LogP contribution is -2.11. The molecule has 0 bridgehead atoms. The predicted octanol–water partition coefficient (Wildman–Crippen LogP) is 4.07. The molecule has 0 saturated carbocycles. The third-order valence-corrected chi connectivity index (χ3v) is 4.83. The smallest absolute Gasteiger partial charge is 0.226 e. The Morgan fingerprint density at radius 3 is 2.20 bits per heavy atom. The van der Waals surface area contributed by atoms with Crippen LogP contribution in [0.25, 0.3) is 0 Å². The molecule has 25 heavy (non-hydrogen) atoms. The van der Waals surface area contributed by atoms with Crippen LogP contribution in [0.15, 0.2) is 16.7 Å². The molecule has 8 heteroatoms. The summed E-state index contributed by atoms with van der Waals surface area (Å²) in [7, 11) is 5.85. The van der Waals surface area contributed by atoms with Crippen LogP contribution < -0.4 is 18.9 Å². The van der Waals surface area contributed by atoms with Crippen molar-refractivity contribution in [3.63, 3.8) is 0 Å². The fourth-order valence-electron chi connectivity index (χ4n) is 2.49. The van der Waals surface area contributed by atoms with Gasteiger partial charge in [0.25, 0.3) is 0 Å². The van der Waals surface area contributed by atoms with Crippen LogP contribution in [0.2, 0.25) is 5.02 Å². The highest BCUT2D eigenvalue weighted by Gasteiger charge is 2.29. The summed E-state index contributed by atoms with van der Waals surface area (Å²) in [4.78, 5) is 17.4. The first kappa shape index (κ1) is 19.3. The maximum atomic E-state index is 13.3. The third kappa shape index (κ3) is 3.39. The van der Waals surface area contributed by atoms with Gasteiger partial charge < -0.3 is 18.9 Å². The van der Waals surface area contributed by atoms with Crippen molar-refractivity contribution in [1.29, 1.82) is 0 Å². The Kier molecular flexibility index (Phi) is 6.13. The molecular weight excluding hydrogens is 414 g/mol. The number of methoxy groups -OCH3 is 4. The predicted molar refractivity (Wildman–Crippen MR) is 97.8 cm³/mol. The molecule has 134 valence electrons. The van der Waals surface area contributed by atoms with Crippen molar-refractivity contribution in [3.05, 3.63) is 38.4 Å². The highest BCUT2D eigenvalue weighted by Crippen LogP contribution is 2.44. The summed E-state index contributed by atoms with van der Waals surface area (Å²) in [6, 6.07) is 1.69. The Morgan fingerprint density at radius 2 is 1.68 bits per heavy atom. The molecule has 2 rings (SSSR count). The van der Waals surface area contributed by atoms with Crippen LogP contribution in [-0.4, -0.2) is 39.2 Å². The summed E-state index contributed by atoms with van der Waals surface area (Å²) < 4.78 is 21.8. The summed E-state index contributed by atoms with van der Waals surface area (Å²) in [6.45, 7) is 1.77. The zero-order chi connectivity index (χ0) is 18.7. The number of nitrogens with zero attached hydrogens (tertiary/aromatic N) is 1. The molecule has 0 saturated heterocycles. The average Bonchev–Trinajstić information content (AvgIpc) is 2.61. The SMILES string of the molecule is COc1cc(C)c(C(=O)c2c(OC)ncc(Br)c2Cl)c(OC)c1OC. The number of rotatable bonds is 6. The van der Waals surface area contributed by atoms with E-state index in [1.54, 1.807) is 13.0 Å². The summed E-state index contributed by atoms with van der Waals surface area (Å²) in [5.74, 6) is 0.749. The van der Waals surface area contributed by atoms with Crippen molar-refractivity contribution in [2.24, 2.45) is 0 Å². The number of hydrogen-bond donors (Lipinski definition) is 0. The Hall–Kier alpha value is -1.99. The minimum Gasteiger partial charge on any atom is -0.493 e. The topological polar surface area (TPSA) is 66.9 Å². The van der Waals surface area contributed by atoms with E-state index in [1.807, 2.05) is 0 Å². The van der Waals surface area contributed by atoms with Crippen LogP contribution in [0.1, 0.15) is 21.5 Å². The number of aromatic nitrogens is 1. The molecule has 0 unspecified atom stereocenters. The Morgan fingerprint density at radius 1 is 1.04 bits per heavy atom. The standard InChI is InChI=1S/C17H17BrClNO5/c1-8-6-10(22-2)15(23-3)16(24-4)11(8)14(21)12-13(19)9(18)7-20-17(12)25-5/h6-7H,1-5H3. The first-order chi connectivity index (χ1) is 11.9. The summed E-state index contributed by atoms with van der Waals surface area (Å²) in [5.41, 5.74) is 1.06. The van der Waals surface area contributed by atoms with E-state index in [9.17, 15) is 4.79 Å². The summed E-state index contributed by atoms with van der Waals surface area (Å²) >= 11 is 9.59. The lowest BCUT2D eigenvalue weighted by molar-refractivity contribution is 0.103. The quantitative estimate of drug-likeness (QED) is 0.644.